The van der Waals surface area contributed by atoms with Crippen LogP contribution < -0.4 is 5.73 Å². The molecule has 1 atom stereocenters. The van der Waals surface area contributed by atoms with Crippen molar-refractivity contribution in [2.45, 2.75) is 25.3 Å². The Labute approximate surface area is 87.2 Å². The zero-order chi connectivity index (χ0) is 11.1. The summed E-state index contributed by atoms with van der Waals surface area (Å²) >= 11 is 0. The maximum absolute atomic E-state index is 11.7. The van der Waals surface area contributed by atoms with Crippen molar-refractivity contribution < 1.29 is 17.9 Å². The van der Waals surface area contributed by atoms with E-state index in [1.54, 1.807) is 12.5 Å². The van der Waals surface area contributed by atoms with Crippen molar-refractivity contribution in [3.05, 3.63) is 24.2 Å². The molecule has 0 aromatic carbocycles. The van der Waals surface area contributed by atoms with Crippen molar-refractivity contribution in [2.75, 3.05) is 13.2 Å². The normalized spacial score (nSPS) is 13.3. The first-order chi connectivity index (χ1) is 7.18. The zero-order valence-electron chi connectivity index (χ0n) is 8.36. The van der Waals surface area contributed by atoms with Crippen molar-refractivity contribution in [3.8, 4) is 0 Å². The summed E-state index contributed by atoms with van der Waals surface area (Å²) in [5.74, 6) is 0. The van der Waals surface area contributed by atoms with Crippen LogP contribution in [0.5, 0.6) is 0 Å². The summed E-state index contributed by atoms with van der Waals surface area (Å²) in [7, 11) is 0. The van der Waals surface area contributed by atoms with Crippen LogP contribution in [-0.2, 0) is 11.2 Å². The zero-order valence-corrected chi connectivity index (χ0v) is 8.36. The predicted molar refractivity (Wildman–Crippen MR) is 51.8 cm³/mol. The van der Waals surface area contributed by atoms with Gasteiger partial charge in [0, 0.05) is 12.6 Å². The number of halogens is 2. The molecule has 0 radical (unpaired) electrons. The maximum Gasteiger partial charge on any atom is 0.261 e. The minimum Gasteiger partial charge on any atom is -0.472 e. The van der Waals surface area contributed by atoms with Crippen molar-refractivity contribution >= 4 is 0 Å². The fourth-order valence-corrected chi connectivity index (χ4v) is 1.22. The van der Waals surface area contributed by atoms with Gasteiger partial charge in [-0.3, -0.25) is 0 Å². The molecule has 0 aliphatic rings. The number of nitrogens with two attached hydrogens (primary N) is 1. The molecule has 5 heteroatoms. The van der Waals surface area contributed by atoms with Gasteiger partial charge in [-0.05, 0) is 24.5 Å². The standard InChI is InChI=1S/C10H15F2NO2/c11-10(12)7-15-4-2-9(13)5-8-1-3-14-6-8/h1,3,6,9-10H,2,4-5,7,13H2. The highest BCUT2D eigenvalue weighted by molar-refractivity contribution is 5.06. The van der Waals surface area contributed by atoms with E-state index in [4.69, 9.17) is 14.9 Å². The second kappa shape index (κ2) is 6.53. The SMILES string of the molecule is NC(CCOCC(F)F)Cc1ccoc1. The van der Waals surface area contributed by atoms with Gasteiger partial charge in [0.25, 0.3) is 6.43 Å². The number of ether oxygens (including phenoxy) is 1. The monoisotopic (exact) mass is 219 g/mol. The van der Waals surface area contributed by atoms with Crippen molar-refractivity contribution in [2.24, 2.45) is 5.73 Å². The largest absolute Gasteiger partial charge is 0.472 e. The maximum atomic E-state index is 11.7. The van der Waals surface area contributed by atoms with Crippen molar-refractivity contribution in [1.29, 1.82) is 0 Å². The lowest BCUT2D eigenvalue weighted by atomic mass is 10.1. The van der Waals surface area contributed by atoms with Crippen LogP contribution >= 0.6 is 0 Å². The summed E-state index contributed by atoms with van der Waals surface area (Å²) in [6.45, 7) is -0.248. The molecule has 0 saturated heterocycles. The van der Waals surface area contributed by atoms with Crippen molar-refractivity contribution in [1.82, 2.24) is 0 Å². The fourth-order valence-electron chi connectivity index (χ4n) is 1.22. The average Bonchev–Trinajstić information content (AvgIpc) is 2.64. The Morgan fingerprint density at radius 2 is 2.27 bits per heavy atom. The van der Waals surface area contributed by atoms with Gasteiger partial charge in [0.15, 0.2) is 0 Å². The Kier molecular flexibility index (Phi) is 5.28. The molecule has 3 nitrogen and oxygen atoms in total. The summed E-state index contributed by atoms with van der Waals surface area (Å²) in [6, 6.07) is 1.75. The van der Waals surface area contributed by atoms with Crippen LogP contribution in [0.4, 0.5) is 8.78 Å². The van der Waals surface area contributed by atoms with Crippen LogP contribution in [0.3, 0.4) is 0 Å². The molecule has 0 amide bonds. The molecule has 1 unspecified atom stereocenters. The minimum atomic E-state index is -2.41. The first-order valence-corrected chi connectivity index (χ1v) is 4.81. The molecule has 15 heavy (non-hydrogen) atoms. The third-order valence-corrected chi connectivity index (χ3v) is 1.95. The smallest absolute Gasteiger partial charge is 0.261 e. The van der Waals surface area contributed by atoms with E-state index in [-0.39, 0.29) is 12.6 Å². The Morgan fingerprint density at radius 1 is 1.47 bits per heavy atom. The van der Waals surface area contributed by atoms with Crippen molar-refractivity contribution in [3.63, 3.8) is 0 Å². The van der Waals surface area contributed by atoms with E-state index in [0.717, 1.165) is 5.56 Å². The summed E-state index contributed by atoms with van der Waals surface area (Å²) in [4.78, 5) is 0. The quantitative estimate of drug-likeness (QED) is 0.711. The van der Waals surface area contributed by atoms with Gasteiger partial charge in [0.05, 0.1) is 12.5 Å². The van der Waals surface area contributed by atoms with E-state index in [1.165, 1.54) is 0 Å². The van der Waals surface area contributed by atoms with E-state index in [1.807, 2.05) is 6.07 Å². The fraction of sp³-hybridized carbons (Fsp3) is 0.600. The molecule has 0 spiro atoms. The van der Waals surface area contributed by atoms with Crippen LogP contribution in [-0.4, -0.2) is 25.7 Å². The molecule has 2 N–H and O–H groups in total. The number of rotatable bonds is 7. The number of hydrogen-bond acceptors (Lipinski definition) is 3. The number of alkyl halides is 2. The third kappa shape index (κ3) is 5.49. The second-order valence-corrected chi connectivity index (χ2v) is 3.35. The highest BCUT2D eigenvalue weighted by Crippen LogP contribution is 2.05. The number of furan rings is 1. The average molecular weight is 219 g/mol. The number of hydrogen-bond donors (Lipinski definition) is 1. The topological polar surface area (TPSA) is 48.4 Å². The van der Waals surface area contributed by atoms with Gasteiger partial charge in [-0.2, -0.15) is 0 Å². The molecular formula is C10H15F2NO2. The lowest BCUT2D eigenvalue weighted by molar-refractivity contribution is 0.0153. The van der Waals surface area contributed by atoms with Gasteiger partial charge < -0.3 is 14.9 Å². The Morgan fingerprint density at radius 3 is 2.87 bits per heavy atom. The van der Waals surface area contributed by atoms with Crippen LogP contribution in [0.2, 0.25) is 0 Å². The molecule has 1 rings (SSSR count). The Balaban J connectivity index is 2.06. The highest BCUT2D eigenvalue weighted by atomic mass is 19.3. The molecule has 0 aliphatic heterocycles. The first-order valence-electron chi connectivity index (χ1n) is 4.81. The van der Waals surface area contributed by atoms with Crippen LogP contribution in [0, 0.1) is 0 Å². The van der Waals surface area contributed by atoms with E-state index < -0.39 is 13.0 Å². The summed E-state index contributed by atoms with van der Waals surface area (Å²) in [6.07, 6.45) is 2.04. The summed E-state index contributed by atoms with van der Waals surface area (Å²) in [5, 5.41) is 0. The van der Waals surface area contributed by atoms with Gasteiger partial charge in [-0.15, -0.1) is 0 Å². The summed E-state index contributed by atoms with van der Waals surface area (Å²) < 4.78 is 33.0. The third-order valence-electron chi connectivity index (χ3n) is 1.95. The Bertz CT molecular complexity index is 252. The van der Waals surface area contributed by atoms with E-state index in [0.29, 0.717) is 12.8 Å². The van der Waals surface area contributed by atoms with Gasteiger partial charge in [0.1, 0.15) is 6.61 Å². The molecule has 0 fully saturated rings. The van der Waals surface area contributed by atoms with E-state index in [2.05, 4.69) is 0 Å². The molecule has 1 heterocycles. The second-order valence-electron chi connectivity index (χ2n) is 3.35. The first kappa shape index (κ1) is 12.1. The molecule has 0 saturated carbocycles. The predicted octanol–water partition coefficient (Wildman–Crippen LogP) is 1.82. The van der Waals surface area contributed by atoms with E-state index in [9.17, 15) is 8.78 Å². The molecule has 86 valence electrons. The molecular weight excluding hydrogens is 204 g/mol. The molecule has 0 aliphatic carbocycles. The van der Waals surface area contributed by atoms with Crippen LogP contribution in [0.25, 0.3) is 0 Å². The van der Waals surface area contributed by atoms with Gasteiger partial charge in [0.2, 0.25) is 0 Å². The highest BCUT2D eigenvalue weighted by Gasteiger charge is 2.06. The van der Waals surface area contributed by atoms with Crippen LogP contribution in [0.1, 0.15) is 12.0 Å². The lowest BCUT2D eigenvalue weighted by Gasteiger charge is -2.10. The van der Waals surface area contributed by atoms with Gasteiger partial charge in [-0.1, -0.05) is 0 Å². The lowest BCUT2D eigenvalue weighted by Crippen LogP contribution is -2.24. The summed E-state index contributed by atoms with van der Waals surface area (Å²) in [5.41, 5.74) is 6.78. The Hall–Kier alpha value is -0.940. The van der Waals surface area contributed by atoms with Gasteiger partial charge >= 0.3 is 0 Å². The minimum absolute atomic E-state index is 0.0831. The molecule has 1 aromatic rings. The van der Waals surface area contributed by atoms with E-state index >= 15 is 0 Å². The van der Waals surface area contributed by atoms with Crippen LogP contribution in [0.15, 0.2) is 23.0 Å². The van der Waals surface area contributed by atoms with Gasteiger partial charge in [-0.25, -0.2) is 8.78 Å². The molecule has 1 aromatic heterocycles. The molecule has 0 bridgehead atoms.